The number of unbranched alkanes of at least 4 members (excludes halogenated alkanes) is 24. The van der Waals surface area contributed by atoms with Crippen LogP contribution in [0.25, 0.3) is 0 Å². The van der Waals surface area contributed by atoms with Gasteiger partial charge in [-0.2, -0.15) is 0 Å². The van der Waals surface area contributed by atoms with E-state index >= 15 is 0 Å². The van der Waals surface area contributed by atoms with Gasteiger partial charge < -0.3 is 4.74 Å². The molecule has 0 heterocycles. The quantitative estimate of drug-likeness (QED) is 0.0474. The minimum Gasteiger partial charge on any atom is -0.466 e. The fourth-order valence-corrected chi connectivity index (χ4v) is 5.37. The van der Waals surface area contributed by atoms with E-state index in [9.17, 15) is 4.79 Å². The molecule has 0 radical (unpaired) electrons. The molecule has 2 nitrogen and oxygen atoms in total. The summed E-state index contributed by atoms with van der Waals surface area (Å²) in [6.07, 6.45) is 42.7. The molecule has 0 rings (SSSR count). The zero-order valence-electron chi connectivity index (χ0n) is 27.3. The molecule has 0 aromatic carbocycles. The van der Waals surface area contributed by atoms with Gasteiger partial charge in [0.05, 0.1) is 6.61 Å². The normalized spacial score (nSPS) is 11.7. The van der Waals surface area contributed by atoms with E-state index in [2.05, 4.69) is 32.9 Å². The second kappa shape index (κ2) is 33.4. The van der Waals surface area contributed by atoms with Gasteiger partial charge in [0.2, 0.25) is 0 Å². The fourth-order valence-electron chi connectivity index (χ4n) is 5.37. The third kappa shape index (κ3) is 35.2. The third-order valence-electron chi connectivity index (χ3n) is 8.08. The number of allylic oxidation sites excluding steroid dienone is 2. The maximum Gasteiger partial charge on any atom is 0.305 e. The average Bonchev–Trinajstić information content (AvgIpc) is 2.92. The van der Waals surface area contributed by atoms with Crippen LogP contribution in [-0.2, 0) is 9.53 Å². The number of carbonyl (C=O) groups excluding carboxylic acids is 1. The van der Waals surface area contributed by atoms with Crippen LogP contribution in [0.3, 0.4) is 0 Å². The van der Waals surface area contributed by atoms with Crippen LogP contribution in [0.5, 0.6) is 0 Å². The molecule has 0 aliphatic carbocycles. The molecule has 0 saturated carbocycles. The number of rotatable bonds is 32. The molecule has 0 aliphatic rings. The lowest BCUT2D eigenvalue weighted by molar-refractivity contribution is -0.143. The van der Waals surface area contributed by atoms with Crippen molar-refractivity contribution < 1.29 is 9.53 Å². The molecular weight excluding hydrogens is 476 g/mol. The Labute approximate surface area is 246 Å². The van der Waals surface area contributed by atoms with Crippen molar-refractivity contribution in [3.8, 4) is 0 Å². The largest absolute Gasteiger partial charge is 0.466 e. The van der Waals surface area contributed by atoms with Crippen molar-refractivity contribution in [2.24, 2.45) is 5.92 Å². The summed E-state index contributed by atoms with van der Waals surface area (Å²) in [5.41, 5.74) is 0. The summed E-state index contributed by atoms with van der Waals surface area (Å²) in [4.78, 5) is 11.9. The summed E-state index contributed by atoms with van der Waals surface area (Å²) in [6.45, 7) is 7.56. The second-order valence-electron chi connectivity index (χ2n) is 12.7. The van der Waals surface area contributed by atoms with Gasteiger partial charge in [-0.15, -0.1) is 0 Å². The highest BCUT2D eigenvalue weighted by molar-refractivity contribution is 5.69. The van der Waals surface area contributed by atoms with E-state index in [1.54, 1.807) is 0 Å². The van der Waals surface area contributed by atoms with Gasteiger partial charge in [-0.3, -0.25) is 4.79 Å². The van der Waals surface area contributed by atoms with Gasteiger partial charge in [-0.05, 0) is 44.4 Å². The summed E-state index contributed by atoms with van der Waals surface area (Å²) in [6, 6.07) is 0. The Balaban J connectivity index is 3.18. The number of hydrogen-bond acceptors (Lipinski definition) is 2. The van der Waals surface area contributed by atoms with E-state index in [1.165, 1.54) is 167 Å². The molecule has 0 amide bonds. The van der Waals surface area contributed by atoms with Gasteiger partial charge in [0.15, 0.2) is 0 Å². The molecule has 0 unspecified atom stereocenters. The highest BCUT2D eigenvalue weighted by Gasteiger charge is 2.03. The maximum absolute atomic E-state index is 11.9. The molecule has 232 valence electrons. The zero-order valence-corrected chi connectivity index (χ0v) is 27.3. The summed E-state index contributed by atoms with van der Waals surface area (Å²) >= 11 is 0. The first-order chi connectivity index (χ1) is 19.2. The zero-order chi connectivity index (χ0) is 28.5. The molecule has 0 saturated heterocycles. The van der Waals surface area contributed by atoms with Crippen molar-refractivity contribution in [3.05, 3.63) is 12.2 Å². The van der Waals surface area contributed by atoms with E-state index < -0.39 is 0 Å². The minimum absolute atomic E-state index is 0.0224. The Morgan fingerprint density at radius 1 is 0.513 bits per heavy atom. The van der Waals surface area contributed by atoms with Crippen LogP contribution in [0.15, 0.2) is 12.2 Å². The Bertz CT molecular complexity index is 496. The monoisotopic (exact) mass is 549 g/mol. The van der Waals surface area contributed by atoms with Crippen molar-refractivity contribution in [2.75, 3.05) is 6.61 Å². The lowest BCUT2D eigenvalue weighted by atomic mass is 10.0. The van der Waals surface area contributed by atoms with Gasteiger partial charge in [-0.25, -0.2) is 0 Å². The Hall–Kier alpha value is -0.790. The van der Waals surface area contributed by atoms with Gasteiger partial charge in [0.25, 0.3) is 0 Å². The van der Waals surface area contributed by atoms with Crippen LogP contribution in [0, 0.1) is 5.92 Å². The van der Waals surface area contributed by atoms with Crippen LogP contribution in [0.4, 0.5) is 0 Å². The summed E-state index contributed by atoms with van der Waals surface area (Å²) in [5.74, 6) is 0.892. The second-order valence-corrected chi connectivity index (χ2v) is 12.7. The van der Waals surface area contributed by atoms with Gasteiger partial charge in [-0.1, -0.05) is 174 Å². The molecule has 0 N–H and O–H groups in total. The van der Waals surface area contributed by atoms with Crippen LogP contribution in [0.2, 0.25) is 0 Å². The average molecular weight is 549 g/mol. The molecule has 0 spiro atoms. The third-order valence-corrected chi connectivity index (χ3v) is 8.08. The van der Waals surface area contributed by atoms with Crippen LogP contribution in [0.1, 0.15) is 207 Å². The first-order valence-corrected chi connectivity index (χ1v) is 18.0. The van der Waals surface area contributed by atoms with Crippen molar-refractivity contribution in [1.82, 2.24) is 0 Å². The van der Waals surface area contributed by atoms with Gasteiger partial charge in [0.1, 0.15) is 0 Å². The topological polar surface area (TPSA) is 26.3 Å². The molecule has 0 aliphatic heterocycles. The van der Waals surface area contributed by atoms with Crippen molar-refractivity contribution in [2.45, 2.75) is 207 Å². The lowest BCUT2D eigenvalue weighted by Crippen LogP contribution is -2.05. The van der Waals surface area contributed by atoms with E-state index in [-0.39, 0.29) is 5.97 Å². The van der Waals surface area contributed by atoms with E-state index in [0.717, 1.165) is 18.8 Å². The number of carbonyl (C=O) groups is 1. The molecular formula is C37H72O2. The highest BCUT2D eigenvalue weighted by atomic mass is 16.5. The van der Waals surface area contributed by atoms with Gasteiger partial charge >= 0.3 is 5.97 Å². The number of hydrogen-bond donors (Lipinski definition) is 0. The smallest absolute Gasteiger partial charge is 0.305 e. The SMILES string of the molecule is CCCCCCC=CCCCCCCCCCCCC(=O)OCCCCCCCCCCCCCCC(C)C. The molecule has 0 fully saturated rings. The maximum atomic E-state index is 11.9. The Morgan fingerprint density at radius 2 is 0.897 bits per heavy atom. The van der Waals surface area contributed by atoms with E-state index in [4.69, 9.17) is 4.74 Å². The summed E-state index contributed by atoms with van der Waals surface area (Å²) < 4.78 is 5.44. The standard InChI is InChI=1S/C37H72O2/c1-4-5-6-7-8-9-10-11-12-13-14-15-19-22-25-28-31-34-37(38)39-35-32-29-26-23-20-17-16-18-21-24-27-30-33-36(2)3/h9-10,36H,4-8,11-35H2,1-3H3. The van der Waals surface area contributed by atoms with E-state index in [0.29, 0.717) is 13.0 Å². The summed E-state index contributed by atoms with van der Waals surface area (Å²) in [5, 5.41) is 0. The molecule has 0 aromatic rings. The van der Waals surface area contributed by atoms with Crippen LogP contribution >= 0.6 is 0 Å². The molecule has 0 bridgehead atoms. The Morgan fingerprint density at radius 3 is 1.36 bits per heavy atom. The van der Waals surface area contributed by atoms with E-state index in [1.807, 2.05) is 0 Å². The van der Waals surface area contributed by atoms with Crippen LogP contribution < -0.4 is 0 Å². The lowest BCUT2D eigenvalue weighted by Gasteiger charge is -2.06. The first-order valence-electron chi connectivity index (χ1n) is 18.0. The molecule has 39 heavy (non-hydrogen) atoms. The number of ether oxygens (including phenoxy) is 1. The Kier molecular flexibility index (Phi) is 32.7. The minimum atomic E-state index is 0.0224. The van der Waals surface area contributed by atoms with Crippen molar-refractivity contribution in [1.29, 1.82) is 0 Å². The summed E-state index contributed by atoms with van der Waals surface area (Å²) in [7, 11) is 0. The van der Waals surface area contributed by atoms with Gasteiger partial charge in [0, 0.05) is 6.42 Å². The predicted octanol–water partition coefficient (Wildman–Crippen LogP) is 13.1. The first kappa shape index (κ1) is 38.2. The highest BCUT2D eigenvalue weighted by Crippen LogP contribution is 2.15. The number of esters is 1. The van der Waals surface area contributed by atoms with Crippen molar-refractivity contribution >= 4 is 5.97 Å². The molecule has 0 aromatic heterocycles. The molecule has 2 heteroatoms. The predicted molar refractivity (Wildman–Crippen MR) is 175 cm³/mol. The fraction of sp³-hybridized carbons (Fsp3) is 0.919. The van der Waals surface area contributed by atoms with Crippen LogP contribution in [-0.4, -0.2) is 12.6 Å². The van der Waals surface area contributed by atoms with Crippen molar-refractivity contribution in [3.63, 3.8) is 0 Å². The molecule has 0 atom stereocenters.